The van der Waals surface area contributed by atoms with Crippen LogP contribution >= 0.6 is 11.8 Å². The monoisotopic (exact) mass is 269 g/mol. The fourth-order valence-electron chi connectivity index (χ4n) is 1.47. The SMILES string of the molecule is COC(=O)CSCC(O)C(N)Cc1ccccc1. The van der Waals surface area contributed by atoms with Crippen LogP contribution in [0.25, 0.3) is 0 Å². The molecule has 3 N–H and O–H groups in total. The van der Waals surface area contributed by atoms with E-state index in [1.807, 2.05) is 30.3 Å². The minimum Gasteiger partial charge on any atom is -0.468 e. The molecule has 0 aliphatic rings. The molecule has 1 rings (SSSR count). The van der Waals surface area contributed by atoms with Gasteiger partial charge in [-0.3, -0.25) is 4.79 Å². The highest BCUT2D eigenvalue weighted by Crippen LogP contribution is 2.09. The summed E-state index contributed by atoms with van der Waals surface area (Å²) in [7, 11) is 1.35. The van der Waals surface area contributed by atoms with Crippen LogP contribution in [0.3, 0.4) is 0 Å². The molecule has 0 bridgehead atoms. The molecule has 4 nitrogen and oxygen atoms in total. The second-order valence-electron chi connectivity index (χ2n) is 4.01. The van der Waals surface area contributed by atoms with Crippen molar-refractivity contribution in [3.8, 4) is 0 Å². The number of rotatable bonds is 7. The van der Waals surface area contributed by atoms with Crippen LogP contribution in [0, 0.1) is 0 Å². The lowest BCUT2D eigenvalue weighted by Gasteiger charge is -2.18. The van der Waals surface area contributed by atoms with E-state index in [4.69, 9.17) is 5.73 Å². The van der Waals surface area contributed by atoms with Gasteiger partial charge in [-0.1, -0.05) is 30.3 Å². The van der Waals surface area contributed by atoms with Gasteiger partial charge in [-0.15, -0.1) is 11.8 Å². The fourth-order valence-corrected chi connectivity index (χ4v) is 2.36. The van der Waals surface area contributed by atoms with E-state index in [-0.39, 0.29) is 17.8 Å². The number of carbonyl (C=O) groups excluding carboxylic acids is 1. The predicted octanol–water partition coefficient (Wildman–Crippen LogP) is 0.823. The number of methoxy groups -OCH3 is 1. The van der Waals surface area contributed by atoms with Gasteiger partial charge >= 0.3 is 5.97 Å². The number of esters is 1. The van der Waals surface area contributed by atoms with Crippen LogP contribution in [0.4, 0.5) is 0 Å². The Balaban J connectivity index is 2.29. The number of aliphatic hydroxyl groups is 1. The molecule has 0 fully saturated rings. The third-order valence-electron chi connectivity index (χ3n) is 2.54. The summed E-state index contributed by atoms with van der Waals surface area (Å²) in [5, 5.41) is 9.87. The summed E-state index contributed by atoms with van der Waals surface area (Å²) < 4.78 is 4.52. The number of nitrogens with two attached hydrogens (primary N) is 1. The van der Waals surface area contributed by atoms with Crippen molar-refractivity contribution >= 4 is 17.7 Å². The van der Waals surface area contributed by atoms with Crippen molar-refractivity contribution in [3.63, 3.8) is 0 Å². The van der Waals surface area contributed by atoms with Crippen LogP contribution in [-0.2, 0) is 16.0 Å². The average Bonchev–Trinajstić information content (AvgIpc) is 2.39. The molecule has 0 heterocycles. The van der Waals surface area contributed by atoms with Gasteiger partial charge in [-0.2, -0.15) is 0 Å². The van der Waals surface area contributed by atoms with E-state index >= 15 is 0 Å². The van der Waals surface area contributed by atoms with Crippen LogP contribution in [0.5, 0.6) is 0 Å². The Morgan fingerprint density at radius 3 is 2.72 bits per heavy atom. The van der Waals surface area contributed by atoms with Gasteiger partial charge in [0.25, 0.3) is 0 Å². The van der Waals surface area contributed by atoms with Crippen molar-refractivity contribution in [1.29, 1.82) is 0 Å². The van der Waals surface area contributed by atoms with E-state index in [2.05, 4.69) is 4.74 Å². The lowest BCUT2D eigenvalue weighted by Crippen LogP contribution is -2.38. The van der Waals surface area contributed by atoms with E-state index in [1.54, 1.807) is 0 Å². The molecule has 0 aromatic heterocycles. The fraction of sp³-hybridized carbons (Fsp3) is 0.462. The highest BCUT2D eigenvalue weighted by atomic mass is 32.2. The Bertz CT molecular complexity index is 359. The molecular weight excluding hydrogens is 250 g/mol. The van der Waals surface area contributed by atoms with Gasteiger partial charge < -0.3 is 15.6 Å². The first-order valence-corrected chi connectivity index (χ1v) is 6.91. The van der Waals surface area contributed by atoms with Crippen LogP contribution in [0.2, 0.25) is 0 Å². The molecule has 0 radical (unpaired) electrons. The number of aliphatic hydroxyl groups excluding tert-OH is 1. The molecule has 0 aliphatic carbocycles. The van der Waals surface area contributed by atoms with Crippen LogP contribution < -0.4 is 5.73 Å². The Kier molecular flexibility index (Phi) is 6.78. The van der Waals surface area contributed by atoms with Gasteiger partial charge in [-0.25, -0.2) is 0 Å². The van der Waals surface area contributed by atoms with Crippen molar-refractivity contribution in [2.45, 2.75) is 18.6 Å². The van der Waals surface area contributed by atoms with Gasteiger partial charge in [0.1, 0.15) is 0 Å². The summed E-state index contributed by atoms with van der Waals surface area (Å²) in [5.41, 5.74) is 7.02. The summed E-state index contributed by atoms with van der Waals surface area (Å²) >= 11 is 1.33. The van der Waals surface area contributed by atoms with Crippen LogP contribution in [0.15, 0.2) is 30.3 Å². The largest absolute Gasteiger partial charge is 0.468 e. The lowest BCUT2D eigenvalue weighted by molar-refractivity contribution is -0.137. The third-order valence-corrected chi connectivity index (χ3v) is 3.56. The Hall–Kier alpha value is -1.04. The number of ether oxygens (including phenoxy) is 1. The van der Waals surface area contributed by atoms with Crippen LogP contribution in [-0.4, -0.2) is 41.8 Å². The first-order valence-electron chi connectivity index (χ1n) is 5.75. The van der Waals surface area contributed by atoms with Gasteiger partial charge in [0, 0.05) is 11.8 Å². The quantitative estimate of drug-likeness (QED) is 0.717. The molecule has 0 aliphatic heterocycles. The van der Waals surface area contributed by atoms with E-state index in [1.165, 1.54) is 18.9 Å². The van der Waals surface area contributed by atoms with E-state index in [0.717, 1.165) is 5.56 Å². The maximum atomic E-state index is 10.9. The first kappa shape index (κ1) is 15.0. The molecule has 0 amide bonds. The van der Waals surface area contributed by atoms with E-state index in [9.17, 15) is 9.90 Å². The van der Waals surface area contributed by atoms with Crippen molar-refractivity contribution in [1.82, 2.24) is 0 Å². The molecule has 2 unspecified atom stereocenters. The Morgan fingerprint density at radius 1 is 1.44 bits per heavy atom. The number of benzene rings is 1. The van der Waals surface area contributed by atoms with Crippen LogP contribution in [0.1, 0.15) is 5.56 Å². The zero-order valence-electron chi connectivity index (χ0n) is 10.4. The second kappa shape index (κ2) is 8.13. The summed E-state index contributed by atoms with van der Waals surface area (Å²) in [6.07, 6.45) is 0.000657. The maximum absolute atomic E-state index is 10.9. The normalized spacial score (nSPS) is 13.9. The smallest absolute Gasteiger partial charge is 0.315 e. The van der Waals surface area contributed by atoms with Crippen molar-refractivity contribution in [3.05, 3.63) is 35.9 Å². The standard InChI is InChI=1S/C13H19NO3S/c1-17-13(16)9-18-8-12(15)11(14)7-10-5-3-2-4-6-10/h2-6,11-12,15H,7-9,14H2,1H3. The summed E-state index contributed by atoms with van der Waals surface area (Å²) in [4.78, 5) is 10.9. The molecule has 2 atom stereocenters. The zero-order chi connectivity index (χ0) is 13.4. The highest BCUT2D eigenvalue weighted by Gasteiger charge is 2.15. The summed E-state index contributed by atoms with van der Waals surface area (Å²) in [6, 6.07) is 9.47. The number of hydrogen-bond acceptors (Lipinski definition) is 5. The number of hydrogen-bond donors (Lipinski definition) is 2. The van der Waals surface area contributed by atoms with E-state index in [0.29, 0.717) is 12.2 Å². The third kappa shape index (κ3) is 5.53. The molecule has 0 saturated heterocycles. The van der Waals surface area contributed by atoms with Crippen molar-refractivity contribution in [2.75, 3.05) is 18.6 Å². The Labute approximate surface area is 112 Å². The highest BCUT2D eigenvalue weighted by molar-refractivity contribution is 7.99. The zero-order valence-corrected chi connectivity index (χ0v) is 11.2. The number of carbonyl (C=O) groups is 1. The first-order chi connectivity index (χ1) is 8.63. The van der Waals surface area contributed by atoms with Gasteiger partial charge in [-0.05, 0) is 12.0 Å². The summed E-state index contributed by atoms with van der Waals surface area (Å²) in [5.74, 6) is 0.387. The molecule has 1 aromatic carbocycles. The predicted molar refractivity (Wildman–Crippen MR) is 73.5 cm³/mol. The Morgan fingerprint density at radius 2 is 2.11 bits per heavy atom. The maximum Gasteiger partial charge on any atom is 0.315 e. The number of thioether (sulfide) groups is 1. The molecule has 1 aromatic rings. The van der Waals surface area contributed by atoms with E-state index < -0.39 is 6.10 Å². The summed E-state index contributed by atoms with van der Waals surface area (Å²) in [6.45, 7) is 0. The molecule has 0 saturated carbocycles. The second-order valence-corrected chi connectivity index (χ2v) is 5.04. The van der Waals surface area contributed by atoms with Gasteiger partial charge in [0.2, 0.25) is 0 Å². The molecular formula is C13H19NO3S. The minimum absolute atomic E-state index is 0.242. The average molecular weight is 269 g/mol. The topological polar surface area (TPSA) is 72.5 Å². The molecule has 5 heteroatoms. The lowest BCUT2D eigenvalue weighted by atomic mass is 10.0. The van der Waals surface area contributed by atoms with Crippen molar-refractivity contribution < 1.29 is 14.6 Å². The van der Waals surface area contributed by atoms with Gasteiger partial charge in [0.15, 0.2) is 0 Å². The van der Waals surface area contributed by atoms with Crippen molar-refractivity contribution in [2.24, 2.45) is 5.73 Å². The minimum atomic E-state index is -0.625. The molecule has 18 heavy (non-hydrogen) atoms. The molecule has 100 valence electrons. The molecule has 0 spiro atoms. The van der Waals surface area contributed by atoms with Gasteiger partial charge in [0.05, 0.1) is 19.0 Å².